The lowest BCUT2D eigenvalue weighted by molar-refractivity contribution is -0.137. The highest BCUT2D eigenvalue weighted by molar-refractivity contribution is 5.94. The summed E-state index contributed by atoms with van der Waals surface area (Å²) in [6.45, 7) is -0.903. The van der Waals surface area contributed by atoms with Crippen LogP contribution in [-0.4, -0.2) is 82.8 Å². The van der Waals surface area contributed by atoms with Gasteiger partial charge in [-0.15, -0.1) is 0 Å². The lowest BCUT2D eigenvalue weighted by Gasteiger charge is -2.23. The largest absolute Gasteiger partial charge is 0.481 e. The van der Waals surface area contributed by atoms with Crippen LogP contribution in [0.25, 0.3) is 0 Å². The van der Waals surface area contributed by atoms with Gasteiger partial charge in [0.1, 0.15) is 18.1 Å². The molecule has 1 radical (unpaired) electrons. The fourth-order valence-corrected chi connectivity index (χ4v) is 2.31. The number of primary amides is 2. The van der Waals surface area contributed by atoms with Crippen LogP contribution in [0.5, 0.6) is 0 Å². The van der Waals surface area contributed by atoms with Crippen LogP contribution in [0.2, 0.25) is 0 Å². The van der Waals surface area contributed by atoms with Gasteiger partial charge in [-0.1, -0.05) is 0 Å². The summed E-state index contributed by atoms with van der Waals surface area (Å²) in [5.41, 5.74) is 15.5. The number of nitrogens with two attached hydrogens (primary N) is 3. The van der Waals surface area contributed by atoms with E-state index in [2.05, 4.69) is 16.0 Å². The molecule has 0 aromatic rings. The minimum absolute atomic E-state index is 0.228. The van der Waals surface area contributed by atoms with Crippen molar-refractivity contribution in [2.24, 2.45) is 17.2 Å². The zero-order valence-electron chi connectivity index (χ0n) is 17.0. The molecule has 0 aromatic heterocycles. The molecular weight excluding hydrogens is 432 g/mol. The van der Waals surface area contributed by atoms with E-state index in [-0.39, 0.29) is 19.3 Å². The van der Waals surface area contributed by atoms with Crippen LogP contribution in [-0.2, 0) is 33.6 Å². The summed E-state index contributed by atoms with van der Waals surface area (Å²) >= 11 is 0. The first-order valence-corrected chi connectivity index (χ1v) is 9.34. The summed E-state index contributed by atoms with van der Waals surface area (Å²) in [5, 5.41) is 24.4. The second-order valence-corrected chi connectivity index (χ2v) is 6.70. The van der Waals surface area contributed by atoms with Gasteiger partial charge >= 0.3 is 5.97 Å². The van der Waals surface area contributed by atoms with Gasteiger partial charge in [-0.25, -0.2) is 0 Å². The average molecular weight is 459 g/mol. The average Bonchev–Trinajstić information content (AvgIpc) is 2.71. The minimum atomic E-state index is -1.57. The van der Waals surface area contributed by atoms with Gasteiger partial charge in [-0.05, 0) is 12.8 Å². The molecule has 11 N–H and O–H groups in total. The van der Waals surface area contributed by atoms with E-state index < -0.39 is 79.1 Å². The van der Waals surface area contributed by atoms with Gasteiger partial charge in [0.15, 0.2) is 0 Å². The van der Waals surface area contributed by atoms with Crippen molar-refractivity contribution in [1.82, 2.24) is 16.0 Å². The number of carbonyl (C=O) groups is 6. The molecule has 0 aromatic carbocycles. The van der Waals surface area contributed by atoms with Crippen molar-refractivity contribution in [3.8, 4) is 0 Å². The van der Waals surface area contributed by atoms with Gasteiger partial charge in [0.2, 0.25) is 35.8 Å². The summed E-state index contributed by atoms with van der Waals surface area (Å²) in [6, 6.07) is -5.69. The molecule has 5 amide bonds. The smallest absolute Gasteiger partial charge is 0.303 e. The molecule has 179 valence electrons. The van der Waals surface area contributed by atoms with Crippen molar-refractivity contribution in [1.29, 1.82) is 0 Å². The Hall–Kier alpha value is -3.59. The monoisotopic (exact) mass is 459 g/mol. The standard InChI is InChI=1S/C17H27N6O9/c18-9(1-4-14(28)29)15(30)23-11(7-25)17(32)22-10(2-3-12(19)26)16(31)21-8(6-24)5-13(20)27/h8-11,25H,1-5,7,18H2,(H2,19,26)(H2,20,27)(H,21,31)(H,22,32)(H,23,30)(H,28,29)/t8-,9-,10-,11-/m0/s1. The summed E-state index contributed by atoms with van der Waals surface area (Å²) in [7, 11) is 0. The van der Waals surface area contributed by atoms with Gasteiger partial charge in [-0.3, -0.25) is 33.6 Å². The van der Waals surface area contributed by atoms with Crippen molar-refractivity contribution >= 4 is 41.8 Å². The Balaban J connectivity index is 5.22. The van der Waals surface area contributed by atoms with Crippen molar-refractivity contribution < 1.29 is 43.8 Å². The molecule has 0 aliphatic carbocycles. The lowest BCUT2D eigenvalue weighted by Crippen LogP contribution is -2.58. The third-order valence-electron chi connectivity index (χ3n) is 4.00. The molecule has 0 heterocycles. The fraction of sp³-hybridized carbons (Fsp3) is 0.588. The van der Waals surface area contributed by atoms with Crippen molar-refractivity contribution in [3.63, 3.8) is 0 Å². The number of aliphatic hydroxyl groups excluding tert-OH is 1. The number of carboxylic acids is 1. The molecule has 0 aliphatic rings. The molecule has 0 saturated carbocycles. The highest BCUT2D eigenvalue weighted by Crippen LogP contribution is 2.02. The number of aliphatic carboxylic acids is 1. The summed E-state index contributed by atoms with van der Waals surface area (Å²) in [4.78, 5) is 80.3. The topological polar surface area (TPSA) is 274 Å². The third kappa shape index (κ3) is 11.6. The SMILES string of the molecule is NC(=O)CC[C@H](NC(=O)[C@H](CO)NC(=O)[C@@H](N)CCC(=O)O)C(=O)N[C@H]([C]=O)CC(N)=O. The zero-order valence-corrected chi connectivity index (χ0v) is 17.0. The number of nitrogens with one attached hydrogen (secondary N) is 3. The van der Waals surface area contributed by atoms with Crippen LogP contribution in [0.1, 0.15) is 32.1 Å². The van der Waals surface area contributed by atoms with Gasteiger partial charge < -0.3 is 43.4 Å². The molecule has 0 bridgehead atoms. The molecule has 0 unspecified atom stereocenters. The molecule has 0 aliphatic heterocycles. The van der Waals surface area contributed by atoms with E-state index in [0.29, 0.717) is 0 Å². The lowest BCUT2D eigenvalue weighted by atomic mass is 10.1. The Morgan fingerprint density at radius 1 is 0.812 bits per heavy atom. The summed E-state index contributed by atoms with van der Waals surface area (Å²) in [6.07, 6.45) is -0.455. The molecule has 0 spiro atoms. The number of carboxylic acid groups (broad SMARTS) is 1. The number of hydrogen-bond donors (Lipinski definition) is 8. The molecule has 0 saturated heterocycles. The van der Waals surface area contributed by atoms with Crippen LogP contribution in [0.4, 0.5) is 0 Å². The van der Waals surface area contributed by atoms with E-state index >= 15 is 0 Å². The molecule has 15 heteroatoms. The first-order chi connectivity index (χ1) is 14.9. The van der Waals surface area contributed by atoms with Gasteiger partial charge in [0, 0.05) is 12.8 Å². The molecule has 0 rings (SSSR count). The molecule has 15 nitrogen and oxygen atoms in total. The highest BCUT2D eigenvalue weighted by Gasteiger charge is 2.29. The first kappa shape index (κ1) is 28.4. The first-order valence-electron chi connectivity index (χ1n) is 9.34. The second-order valence-electron chi connectivity index (χ2n) is 6.70. The van der Waals surface area contributed by atoms with Gasteiger partial charge in [0.05, 0.1) is 19.1 Å². The van der Waals surface area contributed by atoms with E-state index in [1.54, 1.807) is 0 Å². The third-order valence-corrected chi connectivity index (χ3v) is 4.00. The zero-order chi connectivity index (χ0) is 24.8. The van der Waals surface area contributed by atoms with E-state index in [0.717, 1.165) is 0 Å². The Bertz CT molecular complexity index is 729. The Morgan fingerprint density at radius 2 is 1.38 bits per heavy atom. The van der Waals surface area contributed by atoms with Crippen LogP contribution >= 0.6 is 0 Å². The van der Waals surface area contributed by atoms with E-state index in [1.807, 2.05) is 0 Å². The highest BCUT2D eigenvalue weighted by atomic mass is 16.4. The van der Waals surface area contributed by atoms with Crippen LogP contribution in [0, 0.1) is 0 Å². The number of amides is 5. The Kier molecular flexibility index (Phi) is 12.8. The minimum Gasteiger partial charge on any atom is -0.481 e. The van der Waals surface area contributed by atoms with Crippen LogP contribution < -0.4 is 33.2 Å². The van der Waals surface area contributed by atoms with Crippen LogP contribution in [0.15, 0.2) is 0 Å². The van der Waals surface area contributed by atoms with Gasteiger partial charge in [0.25, 0.3) is 0 Å². The summed E-state index contributed by atoms with van der Waals surface area (Å²) in [5.74, 6) is -5.83. The maximum atomic E-state index is 12.4. The maximum Gasteiger partial charge on any atom is 0.303 e. The number of carbonyl (C=O) groups excluding carboxylic acids is 6. The molecular formula is C17H27N6O9. The predicted molar refractivity (Wildman–Crippen MR) is 106 cm³/mol. The van der Waals surface area contributed by atoms with E-state index in [4.69, 9.17) is 22.3 Å². The van der Waals surface area contributed by atoms with Gasteiger partial charge in [-0.2, -0.15) is 0 Å². The predicted octanol–water partition coefficient (Wildman–Crippen LogP) is -5.12. The Labute approximate surface area is 182 Å². The molecule has 4 atom stereocenters. The number of rotatable bonds is 16. The Morgan fingerprint density at radius 3 is 1.84 bits per heavy atom. The quantitative estimate of drug-likeness (QED) is 0.109. The normalized spacial score (nSPS) is 14.2. The van der Waals surface area contributed by atoms with Crippen molar-refractivity contribution in [3.05, 3.63) is 0 Å². The second kappa shape index (κ2) is 14.4. The van der Waals surface area contributed by atoms with E-state index in [9.17, 15) is 38.7 Å². The number of aliphatic hydroxyl groups is 1. The van der Waals surface area contributed by atoms with Crippen LogP contribution in [0.3, 0.4) is 0 Å². The fourth-order valence-electron chi connectivity index (χ4n) is 2.31. The molecule has 0 fully saturated rings. The summed E-state index contributed by atoms with van der Waals surface area (Å²) < 4.78 is 0. The maximum absolute atomic E-state index is 12.4. The van der Waals surface area contributed by atoms with Crippen molar-refractivity contribution in [2.75, 3.05) is 6.61 Å². The number of hydrogen-bond acceptors (Lipinski definition) is 9. The van der Waals surface area contributed by atoms with E-state index in [1.165, 1.54) is 6.29 Å². The molecule has 32 heavy (non-hydrogen) atoms. The van der Waals surface area contributed by atoms with Crippen molar-refractivity contribution in [2.45, 2.75) is 56.3 Å².